The minimum Gasteiger partial charge on any atom is -0.506 e. The number of halogens is 4. The zero-order valence-corrected chi connectivity index (χ0v) is 19.2. The first-order valence-corrected chi connectivity index (χ1v) is 10.4. The topological polar surface area (TPSA) is 142 Å². The van der Waals surface area contributed by atoms with E-state index in [0.29, 0.717) is 6.07 Å². The Kier molecular flexibility index (Phi) is 7.05. The van der Waals surface area contributed by atoms with Crippen molar-refractivity contribution >= 4 is 22.8 Å². The summed E-state index contributed by atoms with van der Waals surface area (Å²) in [5.41, 5.74) is -5.44. The molecule has 14 heteroatoms. The van der Waals surface area contributed by atoms with Gasteiger partial charge < -0.3 is 20.5 Å². The lowest BCUT2D eigenvalue weighted by Crippen LogP contribution is -2.35. The number of carbonyl (C=O) groups is 1. The van der Waals surface area contributed by atoms with Crippen molar-refractivity contribution in [2.45, 2.75) is 32.5 Å². The van der Waals surface area contributed by atoms with Crippen molar-refractivity contribution in [3.63, 3.8) is 0 Å². The molecule has 0 bridgehead atoms. The summed E-state index contributed by atoms with van der Waals surface area (Å²) in [4.78, 5) is 32.5. The molecule has 2 heterocycles. The van der Waals surface area contributed by atoms with E-state index in [9.17, 15) is 37.5 Å². The van der Waals surface area contributed by atoms with Crippen LogP contribution in [0.25, 0.3) is 16.6 Å². The molecule has 0 spiro atoms. The van der Waals surface area contributed by atoms with Gasteiger partial charge in [0.05, 0.1) is 5.39 Å². The van der Waals surface area contributed by atoms with Crippen LogP contribution in [0, 0.1) is 17.1 Å². The van der Waals surface area contributed by atoms with E-state index in [0.717, 1.165) is 18.2 Å². The number of ether oxygens (including phenoxy) is 1. The zero-order valence-electron chi connectivity index (χ0n) is 19.2. The Balaban J connectivity index is 2.11. The minimum absolute atomic E-state index is 0.0466. The van der Waals surface area contributed by atoms with E-state index < -0.39 is 63.1 Å². The largest absolute Gasteiger partial charge is 0.506 e. The van der Waals surface area contributed by atoms with E-state index in [2.05, 4.69) is 20.6 Å². The van der Waals surface area contributed by atoms with E-state index in [1.807, 2.05) is 0 Å². The highest BCUT2D eigenvalue weighted by Crippen LogP contribution is 2.35. The maximum absolute atomic E-state index is 14.5. The summed E-state index contributed by atoms with van der Waals surface area (Å²) in [5.74, 6) is -3.05. The van der Waals surface area contributed by atoms with Crippen LogP contribution >= 0.6 is 0 Å². The van der Waals surface area contributed by atoms with Crippen molar-refractivity contribution in [3.05, 3.63) is 52.0 Å². The number of phenols is 1. The zero-order chi connectivity index (χ0) is 26.8. The van der Waals surface area contributed by atoms with Gasteiger partial charge in [0.15, 0.2) is 5.82 Å². The fourth-order valence-electron chi connectivity index (χ4n) is 3.19. The third-order valence-electron chi connectivity index (χ3n) is 4.54. The molecule has 0 radical (unpaired) electrons. The van der Waals surface area contributed by atoms with Crippen LogP contribution in [0.1, 0.15) is 32.3 Å². The van der Waals surface area contributed by atoms with E-state index in [1.165, 1.54) is 0 Å². The number of nitrogens with one attached hydrogen (secondary N) is 2. The van der Waals surface area contributed by atoms with Crippen molar-refractivity contribution in [2.75, 3.05) is 18.4 Å². The molecule has 3 aromatic rings. The molecule has 0 saturated heterocycles. The lowest BCUT2D eigenvalue weighted by molar-refractivity contribution is -0.142. The molecule has 1 amide bonds. The van der Waals surface area contributed by atoms with Crippen LogP contribution in [0.4, 0.5) is 28.2 Å². The quantitative estimate of drug-likeness (QED) is 0.351. The Morgan fingerprint density at radius 3 is 2.50 bits per heavy atom. The van der Waals surface area contributed by atoms with Gasteiger partial charge in [-0.25, -0.2) is 19.2 Å². The standard InChI is InChI=1S/C22H20F4N6O4/c1-21(2,3)36-20(35)29-8-7-28-18-11-9-14(22(24,25)26)32(17-12(23)5-4-6-13(17)33)19(34)16(11)30-15(10-27)31-18/h4-6,9,33H,7-8H2,1-3H3,(H,29,35)(H,28,30,31). The third kappa shape index (κ3) is 5.62. The molecule has 3 rings (SSSR count). The summed E-state index contributed by atoms with van der Waals surface area (Å²) in [6, 6.07) is 4.85. The number of benzene rings is 1. The monoisotopic (exact) mass is 508 g/mol. The molecule has 0 aliphatic rings. The van der Waals surface area contributed by atoms with Crippen LogP contribution in [0.5, 0.6) is 5.75 Å². The van der Waals surface area contributed by atoms with Crippen LogP contribution in [-0.2, 0) is 10.9 Å². The number of alkyl carbamates (subject to hydrolysis) is 1. The SMILES string of the molecule is CC(C)(C)OC(=O)NCCNc1nc(C#N)nc2c(=O)n(-c3c(O)cccc3F)c(C(F)(F)F)cc12. The number of hydrogen-bond donors (Lipinski definition) is 3. The van der Waals surface area contributed by atoms with E-state index >= 15 is 0 Å². The average Bonchev–Trinajstić information content (AvgIpc) is 2.75. The molecule has 0 aliphatic carbocycles. The number of pyridine rings is 1. The van der Waals surface area contributed by atoms with Gasteiger partial charge in [-0.3, -0.25) is 9.36 Å². The van der Waals surface area contributed by atoms with Crippen LogP contribution in [0.2, 0.25) is 0 Å². The number of nitriles is 1. The molecular weight excluding hydrogens is 488 g/mol. The maximum atomic E-state index is 14.5. The predicted octanol–water partition coefficient (Wildman–Crippen LogP) is 3.45. The van der Waals surface area contributed by atoms with E-state index in [4.69, 9.17) is 4.74 Å². The lowest BCUT2D eigenvalue weighted by atomic mass is 10.2. The number of fused-ring (bicyclic) bond motifs is 1. The van der Waals surface area contributed by atoms with Crippen LogP contribution in [-0.4, -0.2) is 44.4 Å². The first-order valence-electron chi connectivity index (χ1n) is 10.4. The molecule has 0 fully saturated rings. The molecule has 190 valence electrons. The fourth-order valence-corrected chi connectivity index (χ4v) is 3.19. The van der Waals surface area contributed by atoms with Crippen molar-refractivity contribution in [2.24, 2.45) is 0 Å². The second-order valence-corrected chi connectivity index (χ2v) is 8.40. The normalized spacial score (nSPS) is 11.7. The molecular formula is C22H20F4N6O4. The molecule has 0 atom stereocenters. The van der Waals surface area contributed by atoms with Gasteiger partial charge in [0.2, 0.25) is 5.82 Å². The first-order chi connectivity index (χ1) is 16.7. The number of nitrogens with zero attached hydrogens (tertiary/aromatic N) is 4. The maximum Gasteiger partial charge on any atom is 0.431 e. The van der Waals surface area contributed by atoms with Crippen molar-refractivity contribution in [1.82, 2.24) is 19.9 Å². The molecule has 10 nitrogen and oxygen atoms in total. The van der Waals surface area contributed by atoms with Crippen LogP contribution in [0.15, 0.2) is 29.1 Å². The van der Waals surface area contributed by atoms with Crippen LogP contribution < -0.4 is 16.2 Å². The van der Waals surface area contributed by atoms with E-state index in [1.54, 1.807) is 26.8 Å². The summed E-state index contributed by atoms with van der Waals surface area (Å²) >= 11 is 0. The summed E-state index contributed by atoms with van der Waals surface area (Å²) < 4.78 is 61.4. The average molecular weight is 508 g/mol. The van der Waals surface area contributed by atoms with Gasteiger partial charge in [-0.1, -0.05) is 6.07 Å². The van der Waals surface area contributed by atoms with Gasteiger partial charge in [-0.15, -0.1) is 0 Å². The number of aromatic hydroxyl groups is 1. The minimum atomic E-state index is -5.16. The van der Waals surface area contributed by atoms with Gasteiger partial charge in [0.1, 0.15) is 40.1 Å². The van der Waals surface area contributed by atoms with Gasteiger partial charge in [0, 0.05) is 13.1 Å². The molecule has 3 N–H and O–H groups in total. The van der Waals surface area contributed by atoms with Crippen LogP contribution in [0.3, 0.4) is 0 Å². The number of amides is 1. The number of phenolic OH excluding ortho intramolecular Hbond substituents is 1. The van der Waals surface area contributed by atoms with Gasteiger partial charge in [-0.05, 0) is 39.0 Å². The molecule has 0 aliphatic heterocycles. The van der Waals surface area contributed by atoms with Crippen molar-refractivity contribution in [3.8, 4) is 17.5 Å². The molecule has 0 saturated carbocycles. The number of hydrogen-bond acceptors (Lipinski definition) is 8. The molecule has 1 aromatic carbocycles. The molecule has 0 unspecified atom stereocenters. The lowest BCUT2D eigenvalue weighted by Gasteiger charge is -2.20. The van der Waals surface area contributed by atoms with Gasteiger partial charge in [0.25, 0.3) is 5.56 Å². The fraction of sp³-hybridized carbons (Fsp3) is 0.318. The number of carbonyl (C=O) groups excluding carboxylic acids is 1. The highest BCUT2D eigenvalue weighted by Gasteiger charge is 2.37. The van der Waals surface area contributed by atoms with Gasteiger partial charge in [-0.2, -0.15) is 18.4 Å². The number of alkyl halides is 3. The second-order valence-electron chi connectivity index (χ2n) is 8.40. The Bertz CT molecular complexity index is 1400. The number of anilines is 1. The summed E-state index contributed by atoms with van der Waals surface area (Å²) in [5, 5.41) is 24.0. The highest BCUT2D eigenvalue weighted by molar-refractivity contribution is 5.89. The second kappa shape index (κ2) is 9.68. The highest BCUT2D eigenvalue weighted by atomic mass is 19.4. The predicted molar refractivity (Wildman–Crippen MR) is 119 cm³/mol. The van der Waals surface area contributed by atoms with Crippen molar-refractivity contribution in [1.29, 1.82) is 5.26 Å². The number of rotatable bonds is 5. The number of para-hydroxylation sites is 1. The smallest absolute Gasteiger partial charge is 0.431 e. The van der Waals surface area contributed by atoms with E-state index in [-0.39, 0.29) is 23.5 Å². The van der Waals surface area contributed by atoms with Crippen molar-refractivity contribution < 1.29 is 32.2 Å². The summed E-state index contributed by atoms with van der Waals surface area (Å²) in [7, 11) is 0. The Labute approximate surface area is 201 Å². The Hall–Kier alpha value is -4.41. The third-order valence-corrected chi connectivity index (χ3v) is 4.54. The van der Waals surface area contributed by atoms with Gasteiger partial charge >= 0.3 is 12.3 Å². The number of aromatic nitrogens is 3. The summed E-state index contributed by atoms with van der Waals surface area (Å²) in [6.07, 6.45) is -5.90. The Morgan fingerprint density at radius 2 is 1.92 bits per heavy atom. The summed E-state index contributed by atoms with van der Waals surface area (Å²) in [6.45, 7) is 4.86. The Morgan fingerprint density at radius 1 is 1.22 bits per heavy atom. The molecule has 36 heavy (non-hydrogen) atoms. The molecule has 2 aromatic heterocycles. The first kappa shape index (κ1) is 26.2.